The average molecular weight is 333 g/mol. The topological polar surface area (TPSA) is 75.4 Å². The van der Waals surface area contributed by atoms with Gasteiger partial charge in [0.05, 0.1) is 15.7 Å². The van der Waals surface area contributed by atoms with Gasteiger partial charge in [-0.05, 0) is 22.0 Å². The van der Waals surface area contributed by atoms with Gasteiger partial charge in [-0.1, -0.05) is 0 Å². The van der Waals surface area contributed by atoms with Gasteiger partial charge < -0.3 is 10.2 Å². The van der Waals surface area contributed by atoms with Crippen LogP contribution in [0.4, 0.5) is 8.78 Å². The lowest BCUT2D eigenvalue weighted by atomic mass is 10.1. The third-order valence-electron chi connectivity index (χ3n) is 2.49. The van der Waals surface area contributed by atoms with Gasteiger partial charge in [-0.2, -0.15) is 5.10 Å². The molecule has 2 N–H and O–H groups in total. The van der Waals surface area contributed by atoms with E-state index in [-0.39, 0.29) is 15.9 Å². The standard InChI is InChI=1S/C11H7BrF2N2O3/c1-16-6(3-5(15-16)11(18)19)8-4(13)2-7(17)9(12)10(8)14/h2-3,17H,1H3,(H,18,19). The molecule has 0 spiro atoms. The molecule has 0 aliphatic heterocycles. The number of benzene rings is 1. The molecule has 0 amide bonds. The predicted molar refractivity (Wildman–Crippen MR) is 64.9 cm³/mol. The van der Waals surface area contributed by atoms with E-state index in [1.54, 1.807) is 0 Å². The fraction of sp³-hybridized carbons (Fsp3) is 0.0909. The number of phenolic OH excluding ortho intramolecular Hbond substituents is 1. The highest BCUT2D eigenvalue weighted by Crippen LogP contribution is 2.36. The number of carboxylic acids is 1. The maximum atomic E-state index is 14.0. The molecule has 1 aromatic heterocycles. The van der Waals surface area contributed by atoms with Crippen LogP contribution in [0, 0.1) is 11.6 Å². The van der Waals surface area contributed by atoms with Gasteiger partial charge in [-0.3, -0.25) is 4.68 Å². The van der Waals surface area contributed by atoms with Crippen LogP contribution in [-0.4, -0.2) is 26.0 Å². The van der Waals surface area contributed by atoms with Crippen LogP contribution >= 0.6 is 15.9 Å². The molecule has 2 aromatic rings. The highest BCUT2D eigenvalue weighted by molar-refractivity contribution is 9.10. The van der Waals surface area contributed by atoms with Gasteiger partial charge in [-0.15, -0.1) is 0 Å². The van der Waals surface area contributed by atoms with Gasteiger partial charge in [0.1, 0.15) is 11.6 Å². The molecule has 1 aromatic carbocycles. The first kappa shape index (κ1) is 13.5. The molecule has 5 nitrogen and oxygen atoms in total. The highest BCUT2D eigenvalue weighted by atomic mass is 79.9. The third kappa shape index (κ3) is 2.19. The number of carboxylic acid groups (broad SMARTS) is 1. The zero-order valence-electron chi connectivity index (χ0n) is 9.49. The van der Waals surface area contributed by atoms with Crippen molar-refractivity contribution in [2.24, 2.45) is 7.05 Å². The lowest BCUT2D eigenvalue weighted by Gasteiger charge is -2.08. The number of hydrogen-bond donors (Lipinski definition) is 2. The Morgan fingerprint density at radius 3 is 2.58 bits per heavy atom. The number of aromatic nitrogens is 2. The Bertz CT molecular complexity index is 685. The Labute approximate surface area is 114 Å². The van der Waals surface area contributed by atoms with Crippen molar-refractivity contribution in [3.8, 4) is 17.0 Å². The molecule has 100 valence electrons. The van der Waals surface area contributed by atoms with E-state index in [9.17, 15) is 18.7 Å². The summed E-state index contributed by atoms with van der Waals surface area (Å²) in [5.41, 5.74) is -0.847. The monoisotopic (exact) mass is 332 g/mol. The molecular weight excluding hydrogens is 326 g/mol. The van der Waals surface area contributed by atoms with E-state index in [2.05, 4.69) is 21.0 Å². The molecule has 19 heavy (non-hydrogen) atoms. The summed E-state index contributed by atoms with van der Waals surface area (Å²) in [6.07, 6.45) is 0. The minimum Gasteiger partial charge on any atom is -0.507 e. The normalized spacial score (nSPS) is 10.7. The first-order valence-electron chi connectivity index (χ1n) is 4.97. The average Bonchev–Trinajstić information content (AvgIpc) is 2.69. The summed E-state index contributed by atoms with van der Waals surface area (Å²) in [7, 11) is 1.36. The third-order valence-corrected chi connectivity index (χ3v) is 3.25. The maximum Gasteiger partial charge on any atom is 0.356 e. The molecule has 0 radical (unpaired) electrons. The Morgan fingerprint density at radius 1 is 1.42 bits per heavy atom. The molecule has 0 fully saturated rings. The highest BCUT2D eigenvalue weighted by Gasteiger charge is 2.22. The van der Waals surface area contributed by atoms with Crippen molar-refractivity contribution in [2.45, 2.75) is 0 Å². The van der Waals surface area contributed by atoms with Crippen molar-refractivity contribution in [2.75, 3.05) is 0 Å². The number of nitrogens with zero attached hydrogens (tertiary/aromatic N) is 2. The van der Waals surface area contributed by atoms with Crippen molar-refractivity contribution in [1.82, 2.24) is 9.78 Å². The minimum atomic E-state index is -1.31. The van der Waals surface area contributed by atoms with Crippen molar-refractivity contribution >= 4 is 21.9 Å². The van der Waals surface area contributed by atoms with Crippen molar-refractivity contribution < 1.29 is 23.8 Å². The van der Waals surface area contributed by atoms with Gasteiger partial charge in [0.15, 0.2) is 11.5 Å². The van der Waals surface area contributed by atoms with Crippen molar-refractivity contribution in [3.63, 3.8) is 0 Å². The fourth-order valence-electron chi connectivity index (χ4n) is 1.62. The number of phenols is 1. The Morgan fingerprint density at radius 2 is 2.05 bits per heavy atom. The van der Waals surface area contributed by atoms with Gasteiger partial charge in [0.25, 0.3) is 0 Å². The Balaban J connectivity index is 2.72. The number of rotatable bonds is 2. The lowest BCUT2D eigenvalue weighted by Crippen LogP contribution is -2.00. The second-order valence-corrected chi connectivity index (χ2v) is 4.52. The van der Waals surface area contributed by atoms with Crippen LogP contribution in [0.2, 0.25) is 0 Å². The quantitative estimate of drug-likeness (QED) is 0.828. The first-order chi connectivity index (χ1) is 8.82. The zero-order valence-corrected chi connectivity index (χ0v) is 11.1. The van der Waals surface area contributed by atoms with Crippen molar-refractivity contribution in [3.05, 3.63) is 33.9 Å². The number of aromatic carboxylic acids is 1. The molecule has 0 saturated carbocycles. The summed E-state index contributed by atoms with van der Waals surface area (Å²) in [5, 5.41) is 21.7. The molecule has 0 aliphatic carbocycles. The van der Waals surface area contributed by atoms with E-state index in [1.165, 1.54) is 7.05 Å². The molecule has 0 unspecified atom stereocenters. The minimum absolute atomic E-state index is 0.0481. The van der Waals surface area contributed by atoms with E-state index in [4.69, 9.17) is 5.11 Å². The molecular formula is C11H7BrF2N2O3. The number of aryl methyl sites for hydroxylation is 1. The summed E-state index contributed by atoms with van der Waals surface area (Å²) < 4.78 is 28.5. The second-order valence-electron chi connectivity index (χ2n) is 3.72. The summed E-state index contributed by atoms with van der Waals surface area (Å²) in [4.78, 5) is 10.8. The summed E-state index contributed by atoms with van der Waals surface area (Å²) in [6, 6.07) is 1.78. The first-order valence-corrected chi connectivity index (χ1v) is 5.76. The molecule has 0 saturated heterocycles. The molecule has 0 atom stereocenters. The van der Waals surface area contributed by atoms with Crippen LogP contribution in [0.15, 0.2) is 16.6 Å². The Hall–Kier alpha value is -1.96. The van der Waals surface area contributed by atoms with E-state index in [1.807, 2.05) is 0 Å². The lowest BCUT2D eigenvalue weighted by molar-refractivity contribution is 0.0689. The SMILES string of the molecule is Cn1nc(C(=O)O)cc1-c1c(F)cc(O)c(Br)c1F. The molecule has 2 rings (SSSR count). The van der Waals surface area contributed by atoms with Crippen LogP contribution in [0.3, 0.4) is 0 Å². The summed E-state index contributed by atoms with van der Waals surface area (Å²) in [5.74, 6) is -3.93. The Kier molecular flexibility index (Phi) is 3.27. The molecule has 1 heterocycles. The van der Waals surface area contributed by atoms with Gasteiger partial charge >= 0.3 is 5.97 Å². The smallest absolute Gasteiger partial charge is 0.356 e. The summed E-state index contributed by atoms with van der Waals surface area (Å²) >= 11 is 2.78. The van der Waals surface area contributed by atoms with Crippen LogP contribution in [0.25, 0.3) is 11.3 Å². The molecule has 8 heteroatoms. The van der Waals surface area contributed by atoms with Gasteiger partial charge in [-0.25, -0.2) is 13.6 Å². The summed E-state index contributed by atoms with van der Waals surface area (Å²) in [6.45, 7) is 0. The number of carbonyl (C=O) groups is 1. The number of hydrogen-bond acceptors (Lipinski definition) is 3. The van der Waals surface area contributed by atoms with E-state index < -0.39 is 28.9 Å². The van der Waals surface area contributed by atoms with Crippen LogP contribution in [0.5, 0.6) is 5.75 Å². The van der Waals surface area contributed by atoms with Gasteiger partial charge in [0, 0.05) is 13.1 Å². The maximum absolute atomic E-state index is 14.0. The van der Waals surface area contributed by atoms with E-state index >= 15 is 0 Å². The van der Waals surface area contributed by atoms with E-state index in [0.717, 1.165) is 16.8 Å². The largest absolute Gasteiger partial charge is 0.507 e. The van der Waals surface area contributed by atoms with Crippen LogP contribution < -0.4 is 0 Å². The van der Waals surface area contributed by atoms with Crippen LogP contribution in [0.1, 0.15) is 10.5 Å². The van der Waals surface area contributed by atoms with Crippen LogP contribution in [-0.2, 0) is 7.05 Å². The zero-order chi connectivity index (χ0) is 14.3. The van der Waals surface area contributed by atoms with Crippen molar-refractivity contribution in [1.29, 1.82) is 0 Å². The molecule has 0 bridgehead atoms. The fourth-order valence-corrected chi connectivity index (χ4v) is 1.94. The predicted octanol–water partition coefficient (Wildman–Crippen LogP) is 2.53. The van der Waals surface area contributed by atoms with E-state index in [0.29, 0.717) is 0 Å². The van der Waals surface area contributed by atoms with Gasteiger partial charge in [0.2, 0.25) is 0 Å². The number of halogens is 3. The molecule has 0 aliphatic rings. The second kappa shape index (κ2) is 4.61. The number of aromatic hydroxyl groups is 1.